The normalized spacial score (nSPS) is 28.2. The summed E-state index contributed by atoms with van der Waals surface area (Å²) in [4.78, 5) is 42.2. The summed E-state index contributed by atoms with van der Waals surface area (Å²) >= 11 is 0. The minimum Gasteiger partial charge on any atom is -0.465 e. The summed E-state index contributed by atoms with van der Waals surface area (Å²) in [5.74, 6) is -2.61. The van der Waals surface area contributed by atoms with Crippen molar-refractivity contribution >= 4 is 26.2 Å². The van der Waals surface area contributed by atoms with E-state index in [1.807, 2.05) is 33.9 Å². The van der Waals surface area contributed by atoms with Crippen molar-refractivity contribution in [2.75, 3.05) is 26.2 Å². The maximum atomic E-state index is 14.8. The molecule has 1 saturated carbocycles. The molecule has 38 heavy (non-hydrogen) atoms. The maximum absolute atomic E-state index is 14.8. The molecule has 0 radical (unpaired) electrons. The van der Waals surface area contributed by atoms with E-state index in [2.05, 4.69) is 0 Å². The lowest BCUT2D eigenvalue weighted by atomic mass is 9.70. The first kappa shape index (κ1) is 30.6. The van der Waals surface area contributed by atoms with Gasteiger partial charge in [-0.1, -0.05) is 41.5 Å². The molecule has 3 rings (SSSR count). The molecule has 1 aliphatic carbocycles. The average Bonchev–Trinajstić information content (AvgIpc) is 3.40. The predicted octanol–water partition coefficient (Wildman–Crippen LogP) is 4.65. The van der Waals surface area contributed by atoms with Crippen LogP contribution in [0.5, 0.6) is 0 Å². The number of amides is 3. The van der Waals surface area contributed by atoms with Crippen molar-refractivity contribution < 1.29 is 41.5 Å². The lowest BCUT2D eigenvalue weighted by Crippen LogP contribution is -2.72. The van der Waals surface area contributed by atoms with E-state index in [1.54, 1.807) is 20.8 Å². The highest BCUT2D eigenvalue weighted by molar-refractivity contribution is 6.74. The van der Waals surface area contributed by atoms with Gasteiger partial charge in [-0.05, 0) is 36.4 Å². The smallest absolute Gasteiger partial charge is 0.465 e. The van der Waals surface area contributed by atoms with Gasteiger partial charge in [0.25, 0.3) is 0 Å². The number of likely N-dealkylation sites (tertiary alicyclic amines) is 1. The Morgan fingerprint density at radius 1 is 1.00 bits per heavy atom. The summed E-state index contributed by atoms with van der Waals surface area (Å²) in [6.07, 6.45) is -7.87. The van der Waals surface area contributed by atoms with Crippen LogP contribution < -0.4 is 0 Å². The molecule has 0 unspecified atom stereocenters. The predicted molar refractivity (Wildman–Crippen MR) is 135 cm³/mol. The molecular formula is C25H41F4N3O5Si. The summed E-state index contributed by atoms with van der Waals surface area (Å²) in [6.45, 7) is 13.7. The van der Waals surface area contributed by atoms with Gasteiger partial charge in [-0.2, -0.15) is 13.2 Å². The van der Waals surface area contributed by atoms with Crippen LogP contribution in [0.2, 0.25) is 18.1 Å². The number of carbonyl (C=O) groups excluding carboxylic acids is 2. The number of hydrogen-bond acceptors (Lipinski definition) is 4. The highest BCUT2D eigenvalue weighted by Crippen LogP contribution is 2.51. The van der Waals surface area contributed by atoms with Crippen LogP contribution in [0.3, 0.4) is 0 Å². The SMILES string of the molecule is CC(C)(C)[C@]1(C(=O)N2CC3(CC3)N(C(=O)C(F)(F)F)C[C@H]2CO[Si](C)(C)C(C)(C)C)C[C@@H](F)CN1C(=O)O. The van der Waals surface area contributed by atoms with Gasteiger partial charge in [-0.3, -0.25) is 14.5 Å². The zero-order chi connectivity index (χ0) is 29.3. The molecule has 2 heterocycles. The second kappa shape index (κ2) is 9.35. The summed E-state index contributed by atoms with van der Waals surface area (Å²) in [5.41, 5.74) is -3.97. The summed E-state index contributed by atoms with van der Waals surface area (Å²) in [5, 5.41) is 9.73. The second-order valence-electron chi connectivity index (χ2n) is 13.6. The summed E-state index contributed by atoms with van der Waals surface area (Å²) in [7, 11) is -2.42. The topological polar surface area (TPSA) is 90.4 Å². The van der Waals surface area contributed by atoms with Crippen molar-refractivity contribution in [3.63, 3.8) is 0 Å². The van der Waals surface area contributed by atoms with E-state index >= 15 is 0 Å². The van der Waals surface area contributed by atoms with Crippen molar-refractivity contribution in [3.8, 4) is 0 Å². The van der Waals surface area contributed by atoms with E-state index in [4.69, 9.17) is 4.43 Å². The lowest BCUT2D eigenvalue weighted by molar-refractivity contribution is -0.195. The Labute approximate surface area is 222 Å². The van der Waals surface area contributed by atoms with Crippen LogP contribution in [0.1, 0.15) is 60.8 Å². The van der Waals surface area contributed by atoms with Gasteiger partial charge in [0.2, 0.25) is 5.91 Å². The first-order chi connectivity index (χ1) is 17.0. The third-order valence-corrected chi connectivity index (χ3v) is 13.6. The van der Waals surface area contributed by atoms with Crippen molar-refractivity contribution in [3.05, 3.63) is 0 Å². The van der Waals surface area contributed by atoms with Crippen LogP contribution in [0.25, 0.3) is 0 Å². The molecule has 8 nitrogen and oxygen atoms in total. The molecule has 0 aromatic rings. The maximum Gasteiger partial charge on any atom is 0.471 e. The van der Waals surface area contributed by atoms with Crippen LogP contribution in [0.15, 0.2) is 0 Å². The molecular weight excluding hydrogens is 526 g/mol. The molecule has 0 aromatic carbocycles. The minimum atomic E-state index is -5.08. The van der Waals surface area contributed by atoms with Crippen molar-refractivity contribution in [1.82, 2.24) is 14.7 Å². The molecule has 2 saturated heterocycles. The van der Waals surface area contributed by atoms with Crippen LogP contribution in [-0.2, 0) is 14.0 Å². The van der Waals surface area contributed by atoms with Gasteiger partial charge in [-0.25, -0.2) is 9.18 Å². The fourth-order valence-electron chi connectivity index (χ4n) is 5.52. The van der Waals surface area contributed by atoms with Gasteiger partial charge >= 0.3 is 18.2 Å². The Morgan fingerprint density at radius 3 is 1.97 bits per heavy atom. The Hall–Kier alpha value is -1.89. The standard InChI is InChI=1S/C25H41F4N3O5Si/c1-21(2,3)24(11-16(26)12-32(24)20(35)36)18(33)30-15-23(9-10-23)31(19(34)25(27,28)29)13-17(30)14-37-38(7,8)22(4,5)6/h16-17H,9-15H2,1-8H3,(H,35,36)/t16-,17+,24-/m1/s1. The summed E-state index contributed by atoms with van der Waals surface area (Å²) in [6, 6.07) is -0.956. The van der Waals surface area contributed by atoms with Gasteiger partial charge in [0.1, 0.15) is 11.7 Å². The van der Waals surface area contributed by atoms with E-state index in [0.29, 0.717) is 0 Å². The van der Waals surface area contributed by atoms with Crippen molar-refractivity contribution in [2.45, 2.75) is 108 Å². The van der Waals surface area contributed by atoms with Crippen LogP contribution in [0, 0.1) is 5.41 Å². The Bertz CT molecular complexity index is 974. The quantitative estimate of drug-likeness (QED) is 0.395. The Balaban J connectivity index is 2.07. The third kappa shape index (κ3) is 5.16. The number of carboxylic acid groups (broad SMARTS) is 1. The number of nitrogens with zero attached hydrogens (tertiary/aromatic N) is 3. The van der Waals surface area contributed by atoms with E-state index in [0.717, 1.165) is 9.80 Å². The number of carbonyl (C=O) groups is 3. The van der Waals surface area contributed by atoms with Crippen molar-refractivity contribution in [1.29, 1.82) is 0 Å². The lowest BCUT2D eigenvalue weighted by Gasteiger charge is -2.53. The van der Waals surface area contributed by atoms with Crippen LogP contribution >= 0.6 is 0 Å². The fraction of sp³-hybridized carbons (Fsp3) is 0.880. The first-order valence-electron chi connectivity index (χ1n) is 13.0. The molecule has 218 valence electrons. The monoisotopic (exact) mass is 567 g/mol. The Morgan fingerprint density at radius 2 is 1.55 bits per heavy atom. The molecule has 3 atom stereocenters. The number of piperazine rings is 1. The Kier molecular flexibility index (Phi) is 7.54. The van der Waals surface area contributed by atoms with E-state index < -0.39 is 74.2 Å². The molecule has 3 amide bonds. The number of halogens is 4. The molecule has 3 fully saturated rings. The largest absolute Gasteiger partial charge is 0.471 e. The van der Waals surface area contributed by atoms with Gasteiger partial charge in [0.05, 0.1) is 24.7 Å². The molecule has 2 aliphatic heterocycles. The first-order valence-corrected chi connectivity index (χ1v) is 15.9. The molecule has 1 spiro atoms. The molecule has 0 bridgehead atoms. The third-order valence-electron chi connectivity index (χ3n) is 9.07. The minimum absolute atomic E-state index is 0.119. The van der Waals surface area contributed by atoms with Crippen LogP contribution in [0.4, 0.5) is 22.4 Å². The average molecular weight is 568 g/mol. The number of rotatable bonds is 4. The van der Waals surface area contributed by atoms with E-state index in [1.165, 1.54) is 4.90 Å². The highest BCUT2D eigenvalue weighted by atomic mass is 28.4. The van der Waals surface area contributed by atoms with Gasteiger partial charge in [-0.15, -0.1) is 0 Å². The van der Waals surface area contributed by atoms with E-state index in [-0.39, 0.29) is 37.5 Å². The highest BCUT2D eigenvalue weighted by Gasteiger charge is 2.66. The molecule has 0 aromatic heterocycles. The second-order valence-corrected chi connectivity index (χ2v) is 18.4. The number of hydrogen-bond donors (Lipinski definition) is 1. The van der Waals surface area contributed by atoms with Gasteiger partial charge < -0.3 is 19.3 Å². The fourth-order valence-corrected chi connectivity index (χ4v) is 6.56. The zero-order valence-corrected chi connectivity index (χ0v) is 24.5. The summed E-state index contributed by atoms with van der Waals surface area (Å²) < 4.78 is 61.8. The van der Waals surface area contributed by atoms with E-state index in [9.17, 15) is 37.1 Å². The van der Waals surface area contributed by atoms with Gasteiger partial charge in [0, 0.05) is 19.5 Å². The van der Waals surface area contributed by atoms with Gasteiger partial charge in [0.15, 0.2) is 8.32 Å². The number of alkyl halides is 4. The van der Waals surface area contributed by atoms with Crippen LogP contribution in [-0.4, -0.2) is 102 Å². The molecule has 3 aliphatic rings. The zero-order valence-electron chi connectivity index (χ0n) is 23.5. The molecule has 13 heteroatoms. The molecule has 1 N–H and O–H groups in total. The van der Waals surface area contributed by atoms with Crippen molar-refractivity contribution in [2.24, 2.45) is 5.41 Å².